The van der Waals surface area contributed by atoms with Crippen molar-refractivity contribution in [2.75, 3.05) is 0 Å². The molecule has 4 unspecified atom stereocenters. The zero-order valence-corrected chi connectivity index (χ0v) is 18.9. The minimum Gasteiger partial charge on any atom is -0.0654 e. The van der Waals surface area contributed by atoms with Gasteiger partial charge in [-0.1, -0.05) is 138 Å². The summed E-state index contributed by atoms with van der Waals surface area (Å²) in [4.78, 5) is 0. The Morgan fingerprint density at radius 3 is 1.00 bits per heavy atom. The van der Waals surface area contributed by atoms with E-state index in [1.54, 1.807) is 0 Å². The van der Waals surface area contributed by atoms with E-state index in [1.807, 2.05) is 0 Å². The summed E-state index contributed by atoms with van der Waals surface area (Å²) in [5, 5.41) is 0. The second kappa shape index (κ2) is 17.4. The van der Waals surface area contributed by atoms with E-state index >= 15 is 0 Å². The van der Waals surface area contributed by atoms with Crippen LogP contribution in [0.25, 0.3) is 0 Å². The lowest BCUT2D eigenvalue weighted by Crippen LogP contribution is -2.02. The van der Waals surface area contributed by atoms with Gasteiger partial charge in [0.15, 0.2) is 0 Å². The molecular formula is C25H52. The van der Waals surface area contributed by atoms with Crippen molar-refractivity contribution < 1.29 is 0 Å². The molecule has 0 aliphatic heterocycles. The molecule has 152 valence electrons. The van der Waals surface area contributed by atoms with Crippen LogP contribution in [0.5, 0.6) is 0 Å². The second-order valence-electron chi connectivity index (χ2n) is 9.50. The predicted octanol–water partition coefficient (Wildman–Crippen LogP) is 9.42. The summed E-state index contributed by atoms with van der Waals surface area (Å²) >= 11 is 0. The molecule has 4 atom stereocenters. The van der Waals surface area contributed by atoms with E-state index in [9.17, 15) is 0 Å². The van der Waals surface area contributed by atoms with Gasteiger partial charge in [-0.2, -0.15) is 0 Å². The van der Waals surface area contributed by atoms with E-state index < -0.39 is 0 Å². The Morgan fingerprint density at radius 1 is 0.360 bits per heavy atom. The van der Waals surface area contributed by atoms with E-state index in [2.05, 4.69) is 41.5 Å². The molecule has 0 radical (unpaired) electrons. The molecule has 0 amide bonds. The Labute approximate surface area is 161 Å². The Bertz CT molecular complexity index is 257. The van der Waals surface area contributed by atoms with Gasteiger partial charge >= 0.3 is 0 Å². The van der Waals surface area contributed by atoms with Crippen LogP contribution in [0.2, 0.25) is 0 Å². The fourth-order valence-corrected chi connectivity index (χ4v) is 4.26. The molecule has 0 N–H and O–H groups in total. The number of rotatable bonds is 18. The van der Waals surface area contributed by atoms with Crippen molar-refractivity contribution in [2.24, 2.45) is 23.7 Å². The lowest BCUT2D eigenvalue weighted by molar-refractivity contribution is 0.367. The molecule has 0 bridgehead atoms. The van der Waals surface area contributed by atoms with Crippen LogP contribution >= 0.6 is 0 Å². The summed E-state index contributed by atoms with van der Waals surface area (Å²) in [6, 6.07) is 0. The highest BCUT2D eigenvalue weighted by molar-refractivity contribution is 4.61. The van der Waals surface area contributed by atoms with Gasteiger partial charge in [0.1, 0.15) is 0 Å². The van der Waals surface area contributed by atoms with Crippen molar-refractivity contribution in [3.05, 3.63) is 0 Å². The van der Waals surface area contributed by atoms with Crippen molar-refractivity contribution in [3.8, 4) is 0 Å². The van der Waals surface area contributed by atoms with Crippen molar-refractivity contribution in [3.63, 3.8) is 0 Å². The molecule has 0 heteroatoms. The fraction of sp³-hybridized carbons (Fsp3) is 1.00. The third kappa shape index (κ3) is 17.2. The molecule has 0 aromatic heterocycles. The maximum absolute atomic E-state index is 2.48. The summed E-state index contributed by atoms with van der Waals surface area (Å²) < 4.78 is 0. The highest BCUT2D eigenvalue weighted by Gasteiger charge is 2.08. The third-order valence-corrected chi connectivity index (χ3v) is 6.26. The first-order valence-corrected chi connectivity index (χ1v) is 12.0. The highest BCUT2D eigenvalue weighted by Crippen LogP contribution is 2.23. The average molecular weight is 353 g/mol. The molecule has 0 aromatic carbocycles. The zero-order chi connectivity index (χ0) is 18.9. The largest absolute Gasteiger partial charge is 0.0654 e. The molecule has 0 aromatic rings. The highest BCUT2D eigenvalue weighted by atomic mass is 14.1. The van der Waals surface area contributed by atoms with Gasteiger partial charge in [-0.15, -0.1) is 0 Å². The average Bonchev–Trinajstić information content (AvgIpc) is 2.55. The van der Waals surface area contributed by atoms with Gasteiger partial charge in [-0.05, 0) is 23.7 Å². The van der Waals surface area contributed by atoms with E-state index in [1.165, 1.54) is 96.3 Å². The molecule has 0 saturated carbocycles. The summed E-state index contributed by atoms with van der Waals surface area (Å²) in [6.07, 6.45) is 21.6. The molecule has 0 spiro atoms. The van der Waals surface area contributed by atoms with Crippen LogP contribution in [0.15, 0.2) is 0 Å². The predicted molar refractivity (Wildman–Crippen MR) is 117 cm³/mol. The molecule has 0 nitrogen and oxygen atoms in total. The minimum atomic E-state index is 0.944. The molecule has 0 aliphatic carbocycles. The van der Waals surface area contributed by atoms with Crippen molar-refractivity contribution in [2.45, 2.75) is 138 Å². The summed E-state index contributed by atoms with van der Waals surface area (Å²) in [6.45, 7) is 14.5. The quantitative estimate of drug-likeness (QED) is 0.215. The Balaban J connectivity index is 3.51. The smallest absolute Gasteiger partial charge is 0.0443 e. The van der Waals surface area contributed by atoms with Crippen molar-refractivity contribution in [1.82, 2.24) is 0 Å². The van der Waals surface area contributed by atoms with Gasteiger partial charge in [0.25, 0.3) is 0 Å². The van der Waals surface area contributed by atoms with Gasteiger partial charge in [-0.25, -0.2) is 0 Å². The summed E-state index contributed by atoms with van der Waals surface area (Å²) in [5.41, 5.74) is 0. The van der Waals surface area contributed by atoms with Crippen molar-refractivity contribution in [1.29, 1.82) is 0 Å². The van der Waals surface area contributed by atoms with Crippen LogP contribution < -0.4 is 0 Å². The van der Waals surface area contributed by atoms with E-state index in [0.29, 0.717) is 0 Å². The molecule has 0 fully saturated rings. The van der Waals surface area contributed by atoms with Gasteiger partial charge in [-0.3, -0.25) is 0 Å². The first kappa shape index (κ1) is 25.0. The van der Waals surface area contributed by atoms with Gasteiger partial charge in [0.2, 0.25) is 0 Å². The van der Waals surface area contributed by atoms with Crippen LogP contribution in [0.1, 0.15) is 138 Å². The molecule has 0 aliphatic rings. The number of hydrogen-bond acceptors (Lipinski definition) is 0. The molecular weight excluding hydrogens is 300 g/mol. The zero-order valence-electron chi connectivity index (χ0n) is 18.9. The first-order chi connectivity index (χ1) is 12.0. The summed E-state index contributed by atoms with van der Waals surface area (Å²) in [5.74, 6) is 3.79. The Morgan fingerprint density at radius 2 is 0.680 bits per heavy atom. The van der Waals surface area contributed by atoms with Crippen LogP contribution in [0, 0.1) is 23.7 Å². The normalized spacial score (nSPS) is 16.6. The monoisotopic (exact) mass is 352 g/mol. The lowest BCUT2D eigenvalue weighted by Gasteiger charge is -2.16. The third-order valence-electron chi connectivity index (χ3n) is 6.26. The van der Waals surface area contributed by atoms with Gasteiger partial charge < -0.3 is 0 Å². The molecule has 0 heterocycles. The molecule has 25 heavy (non-hydrogen) atoms. The van der Waals surface area contributed by atoms with E-state index in [0.717, 1.165) is 23.7 Å². The summed E-state index contributed by atoms with van der Waals surface area (Å²) in [7, 11) is 0. The Kier molecular flexibility index (Phi) is 17.4. The minimum absolute atomic E-state index is 0.944. The van der Waals surface area contributed by atoms with E-state index in [-0.39, 0.29) is 0 Å². The first-order valence-electron chi connectivity index (χ1n) is 12.0. The van der Waals surface area contributed by atoms with Crippen LogP contribution in [-0.4, -0.2) is 0 Å². The Hall–Kier alpha value is 0. The lowest BCUT2D eigenvalue weighted by atomic mass is 9.90. The molecule has 0 rings (SSSR count). The topological polar surface area (TPSA) is 0 Å². The van der Waals surface area contributed by atoms with E-state index in [4.69, 9.17) is 0 Å². The maximum Gasteiger partial charge on any atom is -0.0443 e. The SMILES string of the molecule is CCCCCC(C)CCCC(C)CCCC(C)CCCC(C)CCC. The van der Waals surface area contributed by atoms with Crippen LogP contribution in [0.4, 0.5) is 0 Å². The van der Waals surface area contributed by atoms with Crippen LogP contribution in [-0.2, 0) is 0 Å². The molecule has 0 saturated heterocycles. The van der Waals surface area contributed by atoms with Gasteiger partial charge in [0.05, 0.1) is 0 Å². The second-order valence-corrected chi connectivity index (χ2v) is 9.50. The standard InChI is InChI=1S/C25H52/c1-7-9-10-15-23(4)17-12-19-25(6)21-13-20-24(5)18-11-16-22(3)14-8-2/h22-25H,7-21H2,1-6H3. The number of hydrogen-bond donors (Lipinski definition) is 0. The fourth-order valence-electron chi connectivity index (χ4n) is 4.26. The number of unbranched alkanes of at least 4 members (excludes halogenated alkanes) is 2. The van der Waals surface area contributed by atoms with Crippen LogP contribution in [0.3, 0.4) is 0 Å². The van der Waals surface area contributed by atoms with Gasteiger partial charge in [0, 0.05) is 0 Å². The van der Waals surface area contributed by atoms with Crippen molar-refractivity contribution >= 4 is 0 Å². The maximum atomic E-state index is 2.48.